The average molecular weight is 528 g/mol. The number of hydrogen-bond acceptors (Lipinski definition) is 9. The summed E-state index contributed by atoms with van der Waals surface area (Å²) in [6.07, 6.45) is 0.0652. The van der Waals surface area contributed by atoms with Gasteiger partial charge in [0.05, 0.1) is 34.3 Å². The van der Waals surface area contributed by atoms with Crippen molar-refractivity contribution in [3.8, 4) is 17.1 Å². The summed E-state index contributed by atoms with van der Waals surface area (Å²) in [4.78, 5) is 32.5. The Morgan fingerprint density at radius 1 is 1.24 bits per heavy atom. The third kappa shape index (κ3) is 3.92. The SMILES string of the molecule is CCC1(O)C(=O)OCc2c1cc1n(c2=O)Cc2cc3c(CN(C)C)c(OS(=O)(=O)C(C)C)ccc3nc2-1. The van der Waals surface area contributed by atoms with Crippen LogP contribution in [0.15, 0.2) is 29.1 Å². The van der Waals surface area contributed by atoms with E-state index >= 15 is 0 Å². The van der Waals surface area contributed by atoms with Crippen LogP contribution in [0.3, 0.4) is 0 Å². The highest BCUT2D eigenvalue weighted by Crippen LogP contribution is 2.40. The molecule has 0 fully saturated rings. The molecule has 0 saturated heterocycles. The quantitative estimate of drug-likeness (QED) is 0.297. The van der Waals surface area contributed by atoms with E-state index < -0.39 is 26.9 Å². The fourth-order valence-electron chi connectivity index (χ4n) is 4.87. The number of carbonyl (C=O) groups is 1. The largest absolute Gasteiger partial charge is 0.458 e. The van der Waals surface area contributed by atoms with Crippen molar-refractivity contribution in [3.05, 3.63) is 56.9 Å². The van der Waals surface area contributed by atoms with Crippen LogP contribution >= 0.6 is 0 Å². The molecule has 1 aromatic carbocycles. The maximum absolute atomic E-state index is 13.4. The van der Waals surface area contributed by atoms with E-state index in [1.807, 2.05) is 25.1 Å². The normalized spacial score (nSPS) is 18.6. The molecule has 196 valence electrons. The zero-order chi connectivity index (χ0) is 26.9. The average Bonchev–Trinajstić information content (AvgIpc) is 3.19. The van der Waals surface area contributed by atoms with E-state index in [0.717, 1.165) is 10.9 Å². The number of rotatable bonds is 6. The molecule has 2 aromatic heterocycles. The Bertz CT molecular complexity index is 1630. The van der Waals surface area contributed by atoms with Gasteiger partial charge in [-0.15, -0.1) is 0 Å². The van der Waals surface area contributed by atoms with Crippen molar-refractivity contribution >= 4 is 27.0 Å². The summed E-state index contributed by atoms with van der Waals surface area (Å²) in [5.74, 6) is -0.530. The summed E-state index contributed by atoms with van der Waals surface area (Å²) >= 11 is 0. The van der Waals surface area contributed by atoms with Gasteiger partial charge < -0.3 is 23.5 Å². The van der Waals surface area contributed by atoms with Crippen molar-refractivity contribution in [3.63, 3.8) is 0 Å². The number of carbonyl (C=O) groups excluding carboxylic acids is 1. The zero-order valence-corrected chi connectivity index (χ0v) is 22.2. The Kier molecular flexibility index (Phi) is 5.93. The number of fused-ring (bicyclic) bond motifs is 5. The first-order valence-corrected chi connectivity index (χ1v) is 13.5. The molecule has 1 N–H and O–H groups in total. The molecule has 2 aliphatic heterocycles. The van der Waals surface area contributed by atoms with Crippen molar-refractivity contribution in [2.75, 3.05) is 14.1 Å². The fraction of sp³-hybridized carbons (Fsp3) is 0.423. The first-order chi connectivity index (χ1) is 17.4. The van der Waals surface area contributed by atoms with Crippen LogP contribution in [-0.2, 0) is 44.9 Å². The molecule has 2 aliphatic rings. The van der Waals surface area contributed by atoms with Gasteiger partial charge in [0.2, 0.25) is 0 Å². The van der Waals surface area contributed by atoms with Crippen LogP contribution in [0.2, 0.25) is 0 Å². The number of nitrogens with zero attached hydrogens (tertiary/aromatic N) is 3. The minimum atomic E-state index is -3.81. The summed E-state index contributed by atoms with van der Waals surface area (Å²) in [7, 11) is -0.0670. The molecule has 3 aromatic rings. The van der Waals surface area contributed by atoms with Gasteiger partial charge in [-0.1, -0.05) is 6.92 Å². The lowest BCUT2D eigenvalue weighted by Gasteiger charge is -2.31. The van der Waals surface area contributed by atoms with Gasteiger partial charge in [-0.3, -0.25) is 4.79 Å². The fourth-order valence-corrected chi connectivity index (χ4v) is 5.47. The van der Waals surface area contributed by atoms with Gasteiger partial charge in [-0.05, 0) is 58.6 Å². The van der Waals surface area contributed by atoms with Crippen LogP contribution in [-0.4, -0.2) is 53.3 Å². The smallest absolute Gasteiger partial charge is 0.343 e. The molecular weight excluding hydrogens is 498 g/mol. The van der Waals surface area contributed by atoms with Crippen molar-refractivity contribution < 1.29 is 27.2 Å². The summed E-state index contributed by atoms with van der Waals surface area (Å²) < 4.78 is 37.3. The molecule has 0 amide bonds. The summed E-state index contributed by atoms with van der Waals surface area (Å²) in [6, 6.07) is 6.86. The molecule has 37 heavy (non-hydrogen) atoms. The highest BCUT2D eigenvalue weighted by atomic mass is 32.2. The van der Waals surface area contributed by atoms with E-state index in [-0.39, 0.29) is 42.0 Å². The van der Waals surface area contributed by atoms with Gasteiger partial charge in [-0.25, -0.2) is 9.78 Å². The van der Waals surface area contributed by atoms with E-state index in [4.69, 9.17) is 13.9 Å². The lowest BCUT2D eigenvalue weighted by Crippen LogP contribution is -2.44. The Morgan fingerprint density at radius 2 is 1.97 bits per heavy atom. The number of aliphatic hydroxyl groups is 1. The van der Waals surface area contributed by atoms with Crippen LogP contribution in [0.1, 0.15) is 49.4 Å². The Balaban J connectivity index is 1.71. The van der Waals surface area contributed by atoms with E-state index in [9.17, 15) is 23.1 Å². The molecule has 1 unspecified atom stereocenters. The molecule has 10 nitrogen and oxygen atoms in total. The molecule has 0 aliphatic carbocycles. The Labute approximate surface area is 214 Å². The number of cyclic esters (lactones) is 1. The van der Waals surface area contributed by atoms with Crippen LogP contribution in [0.25, 0.3) is 22.3 Å². The minimum Gasteiger partial charge on any atom is -0.458 e. The highest BCUT2D eigenvalue weighted by molar-refractivity contribution is 7.87. The van der Waals surface area contributed by atoms with Crippen molar-refractivity contribution in [2.45, 2.75) is 57.7 Å². The molecule has 1 atom stereocenters. The van der Waals surface area contributed by atoms with E-state index in [1.165, 1.54) is 0 Å². The van der Waals surface area contributed by atoms with Gasteiger partial charge in [0.15, 0.2) is 5.60 Å². The van der Waals surface area contributed by atoms with Crippen LogP contribution in [0.5, 0.6) is 5.75 Å². The third-order valence-electron chi connectivity index (χ3n) is 7.02. The molecule has 0 spiro atoms. The van der Waals surface area contributed by atoms with Gasteiger partial charge in [0.1, 0.15) is 12.4 Å². The standard InChI is InChI=1S/C26H29N3O7S/c1-6-26(32)19-10-21-23-15(11-29(21)24(30)18(19)13-35-25(26)31)9-16-17(12-28(4)5)22(8-7-20(16)27-23)36-37(33,34)14(2)3/h7-10,14,32H,6,11-13H2,1-5H3. The van der Waals surface area contributed by atoms with Crippen molar-refractivity contribution in [1.29, 1.82) is 0 Å². The third-order valence-corrected chi connectivity index (χ3v) is 8.58. The number of esters is 1. The summed E-state index contributed by atoms with van der Waals surface area (Å²) in [5, 5.41) is 11.1. The van der Waals surface area contributed by atoms with Gasteiger partial charge in [-0.2, -0.15) is 8.42 Å². The lowest BCUT2D eigenvalue weighted by molar-refractivity contribution is -0.172. The van der Waals surface area contributed by atoms with E-state index in [2.05, 4.69) is 0 Å². The topological polar surface area (TPSA) is 128 Å². The number of benzene rings is 1. The van der Waals surface area contributed by atoms with Gasteiger partial charge in [0, 0.05) is 28.6 Å². The maximum Gasteiger partial charge on any atom is 0.343 e. The molecule has 5 rings (SSSR count). The second-order valence-electron chi connectivity index (χ2n) is 10.1. The molecule has 4 heterocycles. The Morgan fingerprint density at radius 3 is 2.62 bits per heavy atom. The van der Waals surface area contributed by atoms with Gasteiger partial charge >= 0.3 is 16.1 Å². The van der Waals surface area contributed by atoms with E-state index in [0.29, 0.717) is 29.0 Å². The molecule has 11 heteroatoms. The number of pyridine rings is 2. The number of aromatic nitrogens is 2. The van der Waals surface area contributed by atoms with E-state index in [1.54, 1.807) is 43.5 Å². The first kappa shape index (κ1) is 25.4. The Hall–Kier alpha value is -3.28. The minimum absolute atomic E-state index is 0.0652. The van der Waals surface area contributed by atoms with Crippen molar-refractivity contribution in [2.24, 2.45) is 0 Å². The van der Waals surface area contributed by atoms with Crippen LogP contribution in [0.4, 0.5) is 0 Å². The monoisotopic (exact) mass is 527 g/mol. The maximum atomic E-state index is 13.4. The molecule has 0 bridgehead atoms. The summed E-state index contributed by atoms with van der Waals surface area (Å²) in [5.41, 5.74) is 1.41. The first-order valence-electron chi connectivity index (χ1n) is 12.1. The van der Waals surface area contributed by atoms with Crippen LogP contribution in [0, 0.1) is 0 Å². The number of hydrogen-bond donors (Lipinski definition) is 1. The summed E-state index contributed by atoms with van der Waals surface area (Å²) in [6.45, 7) is 5.23. The highest BCUT2D eigenvalue weighted by Gasteiger charge is 2.45. The lowest BCUT2D eigenvalue weighted by atomic mass is 9.86. The molecule has 0 saturated carbocycles. The second-order valence-corrected chi connectivity index (χ2v) is 12.2. The predicted octanol–water partition coefficient (Wildman–Crippen LogP) is 2.26. The predicted molar refractivity (Wildman–Crippen MR) is 137 cm³/mol. The van der Waals surface area contributed by atoms with Crippen LogP contribution < -0.4 is 9.74 Å². The van der Waals surface area contributed by atoms with Gasteiger partial charge in [0.25, 0.3) is 5.56 Å². The second kappa shape index (κ2) is 8.64. The van der Waals surface area contributed by atoms with Crippen molar-refractivity contribution in [1.82, 2.24) is 14.5 Å². The molecule has 0 radical (unpaired) electrons. The zero-order valence-electron chi connectivity index (χ0n) is 21.4. The molecular formula is C26H29N3O7S. The number of ether oxygens (including phenoxy) is 1.